The Morgan fingerprint density at radius 2 is 1.04 bits per heavy atom. The van der Waals surface area contributed by atoms with Gasteiger partial charge in [0.1, 0.15) is 10.5 Å². The van der Waals surface area contributed by atoms with Crippen LogP contribution in [0, 0.1) is 0 Å². The van der Waals surface area contributed by atoms with Crippen molar-refractivity contribution >= 4 is 32.2 Å². The van der Waals surface area contributed by atoms with Crippen molar-refractivity contribution in [3.8, 4) is 0 Å². The Kier molecular flexibility index (Phi) is 5.40. The van der Waals surface area contributed by atoms with Crippen molar-refractivity contribution in [2.75, 3.05) is 0 Å². The minimum Gasteiger partial charge on any atom is -0.478 e. The minimum absolute atomic E-state index is 0.534. The first kappa shape index (κ1) is 20.0. The molecular weight excluding hydrogens is 368 g/mol. The van der Waals surface area contributed by atoms with Crippen LogP contribution in [0.2, 0.25) is 0 Å². The van der Waals surface area contributed by atoms with E-state index < -0.39 is 64.9 Å². The SMILES string of the molecule is CC(c1cc(C(=O)O)c(C(C)S(=O)(=O)O)cc1C(=O)O)S(=O)(=O)O. The monoisotopic (exact) mass is 382 g/mol. The van der Waals surface area contributed by atoms with E-state index in [2.05, 4.69) is 0 Å². The molecule has 0 fully saturated rings. The summed E-state index contributed by atoms with van der Waals surface area (Å²) in [4.78, 5) is 22.6. The van der Waals surface area contributed by atoms with E-state index >= 15 is 0 Å². The lowest BCUT2D eigenvalue weighted by Gasteiger charge is -2.18. The third kappa shape index (κ3) is 4.08. The number of aromatic carboxylic acids is 2. The van der Waals surface area contributed by atoms with Crippen LogP contribution in [0.1, 0.15) is 56.2 Å². The number of hydrogen-bond donors (Lipinski definition) is 4. The molecule has 1 aromatic carbocycles. The molecule has 0 aliphatic rings. The fourth-order valence-corrected chi connectivity index (χ4v) is 3.03. The zero-order valence-electron chi connectivity index (χ0n) is 12.4. The van der Waals surface area contributed by atoms with E-state index in [9.17, 15) is 36.6 Å². The number of carboxylic acids is 2. The number of rotatable bonds is 6. The maximum Gasteiger partial charge on any atom is 0.336 e. The van der Waals surface area contributed by atoms with E-state index in [1.54, 1.807) is 0 Å². The van der Waals surface area contributed by atoms with Gasteiger partial charge in [0.05, 0.1) is 11.1 Å². The molecule has 12 heteroatoms. The highest BCUT2D eigenvalue weighted by molar-refractivity contribution is 7.86. The Balaban J connectivity index is 3.88. The van der Waals surface area contributed by atoms with Gasteiger partial charge < -0.3 is 10.2 Å². The highest BCUT2D eigenvalue weighted by Crippen LogP contribution is 2.32. The first-order valence-electron chi connectivity index (χ1n) is 6.25. The van der Waals surface area contributed by atoms with E-state index in [1.165, 1.54) is 0 Å². The lowest BCUT2D eigenvalue weighted by molar-refractivity contribution is 0.0679. The average molecular weight is 382 g/mol. The van der Waals surface area contributed by atoms with Gasteiger partial charge in [0.2, 0.25) is 0 Å². The number of carboxylic acid groups (broad SMARTS) is 2. The van der Waals surface area contributed by atoms with E-state index in [0.717, 1.165) is 13.8 Å². The Bertz CT molecular complexity index is 822. The third-order valence-corrected chi connectivity index (χ3v) is 5.75. The van der Waals surface area contributed by atoms with Crippen molar-refractivity contribution < 1.29 is 45.7 Å². The smallest absolute Gasteiger partial charge is 0.336 e. The largest absolute Gasteiger partial charge is 0.478 e. The van der Waals surface area contributed by atoms with Gasteiger partial charge in [-0.25, -0.2) is 9.59 Å². The molecule has 0 aliphatic heterocycles. The summed E-state index contributed by atoms with van der Waals surface area (Å²) < 4.78 is 63.1. The molecule has 134 valence electrons. The maximum atomic E-state index is 11.3. The molecule has 0 heterocycles. The van der Waals surface area contributed by atoms with E-state index in [0.29, 0.717) is 12.1 Å². The van der Waals surface area contributed by atoms with Crippen molar-refractivity contribution in [2.45, 2.75) is 24.3 Å². The minimum atomic E-state index is -4.74. The molecule has 0 aromatic heterocycles. The van der Waals surface area contributed by atoms with E-state index in [-0.39, 0.29) is 0 Å². The van der Waals surface area contributed by atoms with Crippen molar-refractivity contribution in [1.82, 2.24) is 0 Å². The second-order valence-corrected chi connectivity index (χ2v) is 8.43. The van der Waals surface area contributed by atoms with Crippen molar-refractivity contribution in [1.29, 1.82) is 0 Å². The molecule has 0 saturated carbocycles. The zero-order chi connectivity index (χ0) is 19.0. The molecule has 1 rings (SSSR count). The number of hydrogen-bond acceptors (Lipinski definition) is 6. The number of carbonyl (C=O) groups is 2. The first-order valence-corrected chi connectivity index (χ1v) is 9.25. The van der Waals surface area contributed by atoms with Gasteiger partial charge in [0, 0.05) is 0 Å². The molecule has 10 nitrogen and oxygen atoms in total. The summed E-state index contributed by atoms with van der Waals surface area (Å²) in [5.74, 6) is -3.33. The Morgan fingerprint density at radius 1 is 0.792 bits per heavy atom. The van der Waals surface area contributed by atoms with Crippen molar-refractivity contribution in [2.24, 2.45) is 0 Å². The predicted molar refractivity (Wildman–Crippen MR) is 80.3 cm³/mol. The molecule has 1 aromatic rings. The van der Waals surface area contributed by atoms with Crippen LogP contribution in [0.5, 0.6) is 0 Å². The van der Waals surface area contributed by atoms with Crippen LogP contribution in [-0.2, 0) is 20.2 Å². The topological polar surface area (TPSA) is 183 Å². The Morgan fingerprint density at radius 3 is 1.21 bits per heavy atom. The summed E-state index contributed by atoms with van der Waals surface area (Å²) in [5, 5.41) is 14.8. The van der Waals surface area contributed by atoms with Crippen LogP contribution in [0.15, 0.2) is 12.1 Å². The Hall–Kier alpha value is -2.02. The molecule has 0 spiro atoms. The third-order valence-electron chi connectivity index (χ3n) is 3.45. The molecular formula is C12H14O10S2. The second kappa shape index (κ2) is 6.47. The summed E-state index contributed by atoms with van der Waals surface area (Å²) in [5.41, 5.74) is -2.49. The van der Waals surface area contributed by atoms with Gasteiger partial charge in [0.25, 0.3) is 20.2 Å². The summed E-state index contributed by atoms with van der Waals surface area (Å²) in [6.45, 7) is 1.88. The lowest BCUT2D eigenvalue weighted by atomic mass is 9.95. The Labute approximate surface area is 137 Å². The van der Waals surface area contributed by atoms with Crippen LogP contribution in [0.4, 0.5) is 0 Å². The van der Waals surface area contributed by atoms with Gasteiger partial charge in [-0.3, -0.25) is 9.11 Å². The molecule has 0 aliphatic carbocycles. The molecule has 2 atom stereocenters. The summed E-state index contributed by atoms with van der Waals surface area (Å²) in [6, 6.07) is 1.31. The number of benzene rings is 1. The normalized spacial score (nSPS) is 14.8. The fraction of sp³-hybridized carbons (Fsp3) is 0.333. The molecule has 0 saturated heterocycles. The van der Waals surface area contributed by atoms with Crippen molar-refractivity contribution in [3.05, 3.63) is 34.4 Å². The predicted octanol–water partition coefficient (Wildman–Crippen LogP) is 0.981. The van der Waals surface area contributed by atoms with Crippen molar-refractivity contribution in [3.63, 3.8) is 0 Å². The fourth-order valence-electron chi connectivity index (χ4n) is 2.00. The van der Waals surface area contributed by atoms with Crippen LogP contribution < -0.4 is 0 Å². The standard InChI is InChI=1S/C12H14O10S2/c1-5(23(17,18)19)7-3-10(12(15)16)8(4-9(7)11(13)14)6(2)24(20,21)22/h3-6H,1-2H3,(H,13,14)(H,15,16)(H,17,18,19)(H,20,21,22). The van der Waals surface area contributed by atoms with E-state index in [1.807, 2.05) is 0 Å². The average Bonchev–Trinajstić information content (AvgIpc) is 2.41. The summed E-state index contributed by atoms with van der Waals surface area (Å²) >= 11 is 0. The van der Waals surface area contributed by atoms with Crippen LogP contribution in [0.3, 0.4) is 0 Å². The van der Waals surface area contributed by atoms with Crippen LogP contribution in [-0.4, -0.2) is 48.1 Å². The van der Waals surface area contributed by atoms with Crippen LogP contribution in [0.25, 0.3) is 0 Å². The molecule has 4 N–H and O–H groups in total. The molecule has 24 heavy (non-hydrogen) atoms. The summed E-state index contributed by atoms with van der Waals surface area (Å²) in [6.07, 6.45) is 0. The lowest BCUT2D eigenvalue weighted by Crippen LogP contribution is -2.19. The molecule has 2 unspecified atom stereocenters. The zero-order valence-corrected chi connectivity index (χ0v) is 14.0. The van der Waals surface area contributed by atoms with Gasteiger partial charge in [-0.05, 0) is 37.1 Å². The van der Waals surface area contributed by atoms with Crippen LogP contribution >= 0.6 is 0 Å². The maximum absolute atomic E-state index is 11.3. The second-order valence-electron chi connectivity index (χ2n) is 4.95. The van der Waals surface area contributed by atoms with Gasteiger partial charge in [-0.2, -0.15) is 16.8 Å². The van der Waals surface area contributed by atoms with Gasteiger partial charge >= 0.3 is 11.9 Å². The first-order chi connectivity index (χ1) is 10.7. The van der Waals surface area contributed by atoms with Gasteiger partial charge in [0.15, 0.2) is 0 Å². The summed E-state index contributed by atoms with van der Waals surface area (Å²) in [7, 11) is -9.48. The molecule has 0 amide bonds. The van der Waals surface area contributed by atoms with Gasteiger partial charge in [-0.15, -0.1) is 0 Å². The highest BCUT2D eigenvalue weighted by atomic mass is 32.2. The van der Waals surface area contributed by atoms with E-state index in [4.69, 9.17) is 9.11 Å². The molecule has 0 radical (unpaired) electrons. The quantitative estimate of drug-likeness (QED) is 0.517. The molecule has 0 bridgehead atoms. The highest BCUT2D eigenvalue weighted by Gasteiger charge is 2.31. The van der Waals surface area contributed by atoms with Gasteiger partial charge in [-0.1, -0.05) is 0 Å².